The zero-order valence-corrected chi connectivity index (χ0v) is 21.7. The number of benzene rings is 3. The summed E-state index contributed by atoms with van der Waals surface area (Å²) in [4.78, 5) is 35.4. The molecule has 0 spiro atoms. The lowest BCUT2D eigenvalue weighted by atomic mass is 10.0. The average molecular weight is 517 g/mol. The van der Waals surface area contributed by atoms with Gasteiger partial charge in [0.25, 0.3) is 5.56 Å². The van der Waals surface area contributed by atoms with Crippen LogP contribution in [0.4, 0.5) is 5.13 Å². The Bertz CT molecular complexity index is 1620. The summed E-state index contributed by atoms with van der Waals surface area (Å²) >= 11 is 2.60. The fourth-order valence-corrected chi connectivity index (χ4v) is 5.54. The maximum atomic E-state index is 13.4. The van der Waals surface area contributed by atoms with E-state index < -0.39 is 0 Å². The van der Waals surface area contributed by atoms with Crippen LogP contribution in [0.15, 0.2) is 76.7 Å². The fraction of sp³-hybridized carbons (Fsp3) is 0.185. The van der Waals surface area contributed by atoms with Gasteiger partial charge < -0.3 is 10.1 Å². The molecule has 0 saturated heterocycles. The number of hydrogen-bond donors (Lipinski definition) is 1. The lowest BCUT2D eigenvalue weighted by molar-refractivity contribution is -0.113. The van der Waals surface area contributed by atoms with Crippen molar-refractivity contribution >= 4 is 55.3 Å². The molecule has 1 amide bonds. The Morgan fingerprint density at radius 3 is 2.58 bits per heavy atom. The van der Waals surface area contributed by atoms with Gasteiger partial charge in [-0.25, -0.2) is 9.97 Å². The number of carbonyl (C=O) groups is 1. The highest BCUT2D eigenvalue weighted by Gasteiger charge is 2.16. The van der Waals surface area contributed by atoms with Crippen LogP contribution in [0.5, 0.6) is 5.75 Å². The van der Waals surface area contributed by atoms with Crippen molar-refractivity contribution in [2.45, 2.75) is 24.9 Å². The first kappa shape index (κ1) is 24.0. The number of methoxy groups -OCH3 is 1. The molecule has 2 heterocycles. The van der Waals surface area contributed by atoms with Gasteiger partial charge in [0.2, 0.25) is 5.91 Å². The van der Waals surface area contributed by atoms with Gasteiger partial charge in [-0.05, 0) is 53.9 Å². The van der Waals surface area contributed by atoms with E-state index in [1.54, 1.807) is 17.7 Å². The number of amides is 1. The highest BCUT2D eigenvalue weighted by molar-refractivity contribution is 7.99. The van der Waals surface area contributed by atoms with E-state index in [4.69, 9.17) is 9.72 Å². The normalized spacial score (nSPS) is 11.3. The minimum absolute atomic E-state index is 0.0775. The zero-order valence-electron chi connectivity index (χ0n) is 20.0. The van der Waals surface area contributed by atoms with Gasteiger partial charge in [0.05, 0.1) is 39.7 Å². The molecule has 0 fully saturated rings. The number of thiazole rings is 1. The minimum atomic E-state index is -0.227. The topological polar surface area (TPSA) is 86.1 Å². The van der Waals surface area contributed by atoms with Crippen LogP contribution < -0.4 is 15.6 Å². The maximum absolute atomic E-state index is 13.4. The summed E-state index contributed by atoms with van der Waals surface area (Å²) in [6.07, 6.45) is 0. The lowest BCUT2D eigenvalue weighted by Crippen LogP contribution is -2.23. The van der Waals surface area contributed by atoms with Crippen LogP contribution in [0.3, 0.4) is 0 Å². The number of ether oxygens (including phenoxy) is 1. The molecular formula is C27H24N4O3S2. The van der Waals surface area contributed by atoms with Crippen LogP contribution in [0.25, 0.3) is 26.8 Å². The highest BCUT2D eigenvalue weighted by atomic mass is 32.2. The Balaban J connectivity index is 1.42. The number of carbonyl (C=O) groups excluding carboxylic acids is 1. The number of aromatic nitrogens is 3. The number of nitrogens with zero attached hydrogens (tertiary/aromatic N) is 3. The number of nitrogens with one attached hydrogen (secondary N) is 1. The molecule has 1 N–H and O–H groups in total. The molecule has 0 radical (unpaired) electrons. The van der Waals surface area contributed by atoms with Gasteiger partial charge in [0.15, 0.2) is 10.3 Å². The van der Waals surface area contributed by atoms with E-state index in [2.05, 4.69) is 24.1 Å². The Kier molecular flexibility index (Phi) is 6.75. The average Bonchev–Trinajstić information content (AvgIpc) is 3.29. The molecule has 0 bridgehead atoms. The summed E-state index contributed by atoms with van der Waals surface area (Å²) in [5.41, 5.74) is 3.12. The van der Waals surface area contributed by atoms with E-state index in [9.17, 15) is 9.59 Å². The summed E-state index contributed by atoms with van der Waals surface area (Å²) in [5.74, 6) is 0.969. The van der Waals surface area contributed by atoms with Crippen molar-refractivity contribution in [3.05, 3.63) is 82.6 Å². The van der Waals surface area contributed by atoms with Crippen LogP contribution in [0, 0.1) is 0 Å². The predicted octanol–water partition coefficient (Wildman–Crippen LogP) is 5.86. The van der Waals surface area contributed by atoms with Crippen LogP contribution in [0.1, 0.15) is 25.3 Å². The first-order chi connectivity index (χ1) is 17.4. The van der Waals surface area contributed by atoms with Crippen LogP contribution in [0.2, 0.25) is 0 Å². The van der Waals surface area contributed by atoms with E-state index in [1.165, 1.54) is 28.7 Å². The highest BCUT2D eigenvalue weighted by Crippen LogP contribution is 2.29. The van der Waals surface area contributed by atoms with Crippen molar-refractivity contribution < 1.29 is 9.53 Å². The number of fused-ring (bicyclic) bond motifs is 2. The molecule has 0 unspecified atom stereocenters. The molecule has 0 aliphatic rings. The molecule has 36 heavy (non-hydrogen) atoms. The van der Waals surface area contributed by atoms with Gasteiger partial charge in [0.1, 0.15) is 5.75 Å². The van der Waals surface area contributed by atoms with Crippen molar-refractivity contribution in [2.75, 3.05) is 18.2 Å². The number of hydrogen-bond acceptors (Lipinski definition) is 7. The number of rotatable bonds is 7. The quantitative estimate of drug-likeness (QED) is 0.215. The molecule has 0 aliphatic heterocycles. The molecule has 5 rings (SSSR count). The van der Waals surface area contributed by atoms with Crippen molar-refractivity contribution in [2.24, 2.45) is 0 Å². The van der Waals surface area contributed by atoms with Crippen LogP contribution in [-0.4, -0.2) is 33.3 Å². The van der Waals surface area contributed by atoms with Gasteiger partial charge in [-0.15, -0.1) is 0 Å². The first-order valence-electron chi connectivity index (χ1n) is 11.4. The molecule has 7 nitrogen and oxygen atoms in total. The smallest absolute Gasteiger partial charge is 0.266 e. The zero-order chi connectivity index (χ0) is 25.2. The number of anilines is 1. The summed E-state index contributed by atoms with van der Waals surface area (Å²) in [7, 11) is 1.61. The van der Waals surface area contributed by atoms with Gasteiger partial charge in [-0.2, -0.15) is 0 Å². The van der Waals surface area contributed by atoms with Crippen molar-refractivity contribution in [1.82, 2.24) is 14.5 Å². The summed E-state index contributed by atoms with van der Waals surface area (Å²) in [5, 5.41) is 4.36. The second kappa shape index (κ2) is 10.1. The predicted molar refractivity (Wildman–Crippen MR) is 147 cm³/mol. The van der Waals surface area contributed by atoms with E-state index in [-0.39, 0.29) is 17.2 Å². The van der Waals surface area contributed by atoms with Crippen molar-refractivity contribution in [3.63, 3.8) is 0 Å². The largest absolute Gasteiger partial charge is 0.497 e. The van der Waals surface area contributed by atoms with E-state index in [1.807, 2.05) is 60.7 Å². The minimum Gasteiger partial charge on any atom is -0.497 e. The summed E-state index contributed by atoms with van der Waals surface area (Å²) < 4.78 is 7.76. The second-order valence-electron chi connectivity index (χ2n) is 8.49. The SMILES string of the molecule is COc1ccc2nc(NC(=O)CSc3nc4ccccc4c(=O)n3-c3ccc(C(C)C)cc3)sc2c1. The van der Waals surface area contributed by atoms with E-state index in [0.717, 1.165) is 16.0 Å². The third kappa shape index (κ3) is 4.84. The number of para-hydroxylation sites is 1. The third-order valence-electron chi connectivity index (χ3n) is 5.74. The maximum Gasteiger partial charge on any atom is 0.266 e. The van der Waals surface area contributed by atoms with E-state index in [0.29, 0.717) is 32.8 Å². The molecule has 0 saturated carbocycles. The molecule has 0 atom stereocenters. The van der Waals surface area contributed by atoms with Gasteiger partial charge >= 0.3 is 0 Å². The Hall–Kier alpha value is -3.69. The van der Waals surface area contributed by atoms with Crippen LogP contribution in [-0.2, 0) is 4.79 Å². The number of thioether (sulfide) groups is 1. The monoisotopic (exact) mass is 516 g/mol. The van der Waals surface area contributed by atoms with Gasteiger partial charge in [-0.3, -0.25) is 14.2 Å². The summed E-state index contributed by atoms with van der Waals surface area (Å²) in [6.45, 7) is 4.25. The fourth-order valence-electron chi connectivity index (χ4n) is 3.82. The lowest BCUT2D eigenvalue weighted by Gasteiger charge is -2.14. The van der Waals surface area contributed by atoms with Gasteiger partial charge in [0, 0.05) is 0 Å². The molecule has 2 aromatic heterocycles. The third-order valence-corrected chi connectivity index (χ3v) is 7.61. The molecular weight excluding hydrogens is 492 g/mol. The van der Waals surface area contributed by atoms with Crippen LogP contribution >= 0.6 is 23.1 Å². The standard InChI is InChI=1S/C27H24N4O3S2/c1-16(2)17-8-10-18(11-9-17)31-25(33)20-6-4-5-7-21(20)29-27(31)35-15-24(32)30-26-28-22-13-12-19(34-3)14-23(22)36-26/h4-14,16H,15H2,1-3H3,(H,28,30,32). The van der Waals surface area contributed by atoms with Crippen molar-refractivity contribution in [3.8, 4) is 11.4 Å². The molecule has 3 aromatic carbocycles. The Morgan fingerprint density at radius 1 is 1.06 bits per heavy atom. The second-order valence-corrected chi connectivity index (χ2v) is 10.5. The molecule has 9 heteroatoms. The molecule has 5 aromatic rings. The molecule has 0 aliphatic carbocycles. The first-order valence-corrected chi connectivity index (χ1v) is 13.2. The Morgan fingerprint density at radius 2 is 1.83 bits per heavy atom. The van der Waals surface area contributed by atoms with Crippen molar-refractivity contribution in [1.29, 1.82) is 0 Å². The van der Waals surface area contributed by atoms with Gasteiger partial charge in [-0.1, -0.05) is 61.2 Å². The van der Waals surface area contributed by atoms with E-state index >= 15 is 0 Å². The summed E-state index contributed by atoms with van der Waals surface area (Å²) in [6, 6.07) is 20.7. The Labute approximate surface area is 216 Å². The molecule has 182 valence electrons.